The Morgan fingerprint density at radius 1 is 1.33 bits per heavy atom. The first-order valence-electron chi connectivity index (χ1n) is 9.87. The van der Waals surface area contributed by atoms with Gasteiger partial charge in [-0.2, -0.15) is 0 Å². The maximum absolute atomic E-state index is 12.9. The number of benzene rings is 1. The van der Waals surface area contributed by atoms with Gasteiger partial charge in [-0.15, -0.1) is 11.3 Å². The van der Waals surface area contributed by atoms with Crippen molar-refractivity contribution in [3.63, 3.8) is 0 Å². The number of nitrogens with one attached hydrogen (secondary N) is 1. The minimum atomic E-state index is -0.611. The quantitative estimate of drug-likeness (QED) is 0.649. The van der Waals surface area contributed by atoms with Crippen LogP contribution in [-0.2, 0) is 4.74 Å². The molecule has 4 rings (SSSR count). The number of aliphatic hydroxyl groups is 1. The van der Waals surface area contributed by atoms with Crippen molar-refractivity contribution < 1.29 is 14.6 Å². The molecule has 2 N–H and O–H groups in total. The van der Waals surface area contributed by atoms with E-state index in [-0.39, 0.29) is 12.1 Å². The van der Waals surface area contributed by atoms with Crippen LogP contribution in [0.1, 0.15) is 23.1 Å². The lowest BCUT2D eigenvalue weighted by Gasteiger charge is -2.36. The summed E-state index contributed by atoms with van der Waals surface area (Å²) < 4.78 is 5.56. The lowest BCUT2D eigenvalue weighted by atomic mass is 10.1. The third-order valence-corrected chi connectivity index (χ3v) is 6.02. The van der Waals surface area contributed by atoms with Crippen molar-refractivity contribution in [3.8, 4) is 11.4 Å². The smallest absolute Gasteiger partial charge is 0.322 e. The highest BCUT2D eigenvalue weighted by atomic mass is 32.1. The van der Waals surface area contributed by atoms with Gasteiger partial charge in [0.1, 0.15) is 0 Å². The van der Waals surface area contributed by atoms with E-state index in [9.17, 15) is 9.90 Å². The molecule has 0 bridgehead atoms. The molecule has 3 heterocycles. The molecular formula is C22H24N4O3S. The summed E-state index contributed by atoms with van der Waals surface area (Å²) in [6.07, 6.45) is 1.56. The first kappa shape index (κ1) is 20.5. The number of aryl methyl sites for hydroxylation is 1. The number of aromatic nitrogens is 2. The van der Waals surface area contributed by atoms with Gasteiger partial charge >= 0.3 is 6.03 Å². The van der Waals surface area contributed by atoms with Crippen LogP contribution in [0, 0.1) is 6.92 Å². The first-order valence-corrected chi connectivity index (χ1v) is 10.7. The van der Waals surface area contributed by atoms with Crippen LogP contribution < -0.4 is 5.32 Å². The van der Waals surface area contributed by atoms with Crippen LogP contribution in [0.4, 0.5) is 10.5 Å². The zero-order chi connectivity index (χ0) is 20.9. The van der Waals surface area contributed by atoms with Crippen LogP contribution in [0.25, 0.3) is 11.4 Å². The minimum absolute atomic E-state index is 0.184. The van der Waals surface area contributed by atoms with E-state index in [1.807, 2.05) is 54.8 Å². The Hall–Kier alpha value is -2.81. The molecule has 7 nitrogen and oxygen atoms in total. The van der Waals surface area contributed by atoms with Gasteiger partial charge in [-0.25, -0.2) is 14.8 Å². The number of hydrogen-bond donors (Lipinski definition) is 2. The Bertz CT molecular complexity index is 978. The molecule has 2 amide bonds. The van der Waals surface area contributed by atoms with Gasteiger partial charge in [-0.1, -0.05) is 6.07 Å². The summed E-state index contributed by atoms with van der Waals surface area (Å²) in [7, 11) is 0. The number of ether oxygens (including phenoxy) is 1. The van der Waals surface area contributed by atoms with Crippen molar-refractivity contribution in [3.05, 3.63) is 64.6 Å². The van der Waals surface area contributed by atoms with Crippen molar-refractivity contribution in [2.24, 2.45) is 0 Å². The number of amides is 2. The highest BCUT2D eigenvalue weighted by Gasteiger charge is 2.30. The van der Waals surface area contributed by atoms with E-state index in [0.717, 1.165) is 16.1 Å². The fourth-order valence-electron chi connectivity index (χ4n) is 3.46. The van der Waals surface area contributed by atoms with Crippen LogP contribution in [0.3, 0.4) is 0 Å². The average Bonchev–Trinajstić information content (AvgIpc) is 3.30. The van der Waals surface area contributed by atoms with Crippen LogP contribution in [0.5, 0.6) is 0 Å². The Balaban J connectivity index is 1.41. The van der Waals surface area contributed by atoms with Crippen molar-refractivity contribution in [1.82, 2.24) is 14.9 Å². The summed E-state index contributed by atoms with van der Waals surface area (Å²) >= 11 is 1.51. The minimum Gasteiger partial charge on any atom is -0.387 e. The van der Waals surface area contributed by atoms with E-state index in [0.29, 0.717) is 37.7 Å². The largest absolute Gasteiger partial charge is 0.387 e. The van der Waals surface area contributed by atoms with Gasteiger partial charge in [0.15, 0.2) is 5.82 Å². The maximum Gasteiger partial charge on any atom is 0.322 e. The second-order valence-electron chi connectivity index (χ2n) is 7.22. The summed E-state index contributed by atoms with van der Waals surface area (Å²) in [6, 6.07) is 12.8. The van der Waals surface area contributed by atoms with Crippen LogP contribution in [0.2, 0.25) is 0 Å². The standard InChI is InChI=1S/C22H24N4O3S/c1-15-8-9-23-21(24-15)16-4-6-17(7-5-16)25-22(28)26-10-11-29-14-18(26)13-19(27)20-3-2-12-30-20/h2-9,12,18-19,27H,10-11,13-14H2,1H3,(H,25,28). The number of carbonyl (C=O) groups is 1. The summed E-state index contributed by atoms with van der Waals surface area (Å²) in [5.74, 6) is 0.656. The predicted octanol–water partition coefficient (Wildman–Crippen LogP) is 3.87. The zero-order valence-corrected chi connectivity index (χ0v) is 17.5. The number of nitrogens with zero attached hydrogens (tertiary/aromatic N) is 3. The fourth-order valence-corrected chi connectivity index (χ4v) is 4.18. The highest BCUT2D eigenvalue weighted by Crippen LogP contribution is 2.26. The van der Waals surface area contributed by atoms with Gasteiger partial charge in [0, 0.05) is 41.0 Å². The number of carbonyl (C=O) groups excluding carboxylic acids is 1. The lowest BCUT2D eigenvalue weighted by Crippen LogP contribution is -2.50. The molecule has 1 saturated heterocycles. The second kappa shape index (κ2) is 9.34. The monoisotopic (exact) mass is 424 g/mol. The molecule has 2 aromatic heterocycles. The van der Waals surface area contributed by atoms with Crippen LogP contribution in [0.15, 0.2) is 54.0 Å². The molecule has 2 atom stereocenters. The van der Waals surface area contributed by atoms with E-state index in [1.165, 1.54) is 11.3 Å². The molecule has 1 aliphatic heterocycles. The molecule has 30 heavy (non-hydrogen) atoms. The normalized spacial score (nSPS) is 17.5. The third-order valence-electron chi connectivity index (χ3n) is 5.04. The van der Waals surface area contributed by atoms with Crippen molar-refractivity contribution in [2.75, 3.05) is 25.1 Å². The molecule has 1 aromatic carbocycles. The van der Waals surface area contributed by atoms with Gasteiger partial charge in [0.05, 0.1) is 25.4 Å². The van der Waals surface area contributed by atoms with Gasteiger partial charge in [0.2, 0.25) is 0 Å². The van der Waals surface area contributed by atoms with Gasteiger partial charge in [-0.3, -0.25) is 0 Å². The van der Waals surface area contributed by atoms with Crippen molar-refractivity contribution in [1.29, 1.82) is 0 Å². The van der Waals surface area contributed by atoms with E-state index in [4.69, 9.17) is 4.74 Å². The highest BCUT2D eigenvalue weighted by molar-refractivity contribution is 7.10. The average molecular weight is 425 g/mol. The molecule has 1 fully saturated rings. The number of urea groups is 1. The SMILES string of the molecule is Cc1ccnc(-c2ccc(NC(=O)N3CCOCC3CC(O)c3cccs3)cc2)n1. The molecule has 156 valence electrons. The Morgan fingerprint density at radius 2 is 2.17 bits per heavy atom. The fraction of sp³-hybridized carbons (Fsp3) is 0.318. The molecule has 1 aliphatic rings. The molecular weight excluding hydrogens is 400 g/mol. The van der Waals surface area contributed by atoms with Gasteiger partial charge in [0.25, 0.3) is 0 Å². The number of thiophene rings is 1. The molecule has 0 spiro atoms. The topological polar surface area (TPSA) is 87.6 Å². The Kier molecular flexibility index (Phi) is 6.37. The molecule has 0 radical (unpaired) electrons. The maximum atomic E-state index is 12.9. The molecule has 0 saturated carbocycles. The van der Waals surface area contributed by atoms with Crippen molar-refractivity contribution >= 4 is 23.1 Å². The molecule has 8 heteroatoms. The van der Waals surface area contributed by atoms with Gasteiger partial charge in [-0.05, 0) is 48.7 Å². The van der Waals surface area contributed by atoms with Gasteiger partial charge < -0.3 is 20.1 Å². The van der Waals surface area contributed by atoms with E-state index >= 15 is 0 Å². The number of rotatable bonds is 5. The molecule has 0 aliphatic carbocycles. The van der Waals surface area contributed by atoms with E-state index < -0.39 is 6.10 Å². The summed E-state index contributed by atoms with van der Waals surface area (Å²) in [6.45, 7) is 3.32. The summed E-state index contributed by atoms with van der Waals surface area (Å²) in [5, 5.41) is 15.4. The molecule has 3 aromatic rings. The number of hydrogen-bond acceptors (Lipinski definition) is 6. The van der Waals surface area contributed by atoms with Crippen LogP contribution >= 0.6 is 11.3 Å². The third kappa shape index (κ3) is 4.84. The zero-order valence-electron chi connectivity index (χ0n) is 16.7. The summed E-state index contributed by atoms with van der Waals surface area (Å²) in [5.41, 5.74) is 2.49. The number of aliphatic hydroxyl groups excluding tert-OH is 1. The molecule has 2 unspecified atom stereocenters. The number of anilines is 1. The van der Waals surface area contributed by atoms with Crippen molar-refractivity contribution in [2.45, 2.75) is 25.5 Å². The predicted molar refractivity (Wildman–Crippen MR) is 116 cm³/mol. The van der Waals surface area contributed by atoms with E-state index in [1.54, 1.807) is 11.1 Å². The lowest BCUT2D eigenvalue weighted by molar-refractivity contribution is -0.00382. The summed E-state index contributed by atoms with van der Waals surface area (Å²) in [4.78, 5) is 24.3. The first-order chi connectivity index (χ1) is 14.6. The number of morpholine rings is 1. The Morgan fingerprint density at radius 3 is 2.90 bits per heavy atom. The Labute approximate surface area is 179 Å². The van der Waals surface area contributed by atoms with E-state index in [2.05, 4.69) is 15.3 Å². The van der Waals surface area contributed by atoms with Crippen LogP contribution in [-0.4, -0.2) is 51.8 Å². The second-order valence-corrected chi connectivity index (χ2v) is 8.20.